The minimum Gasteiger partial charge on any atom is -0.460 e. The van der Waals surface area contributed by atoms with E-state index in [9.17, 15) is 14.4 Å². The summed E-state index contributed by atoms with van der Waals surface area (Å²) < 4.78 is 18.9. The topological polar surface area (TPSA) is 88.1 Å². The van der Waals surface area contributed by atoms with Gasteiger partial charge >= 0.3 is 18.1 Å². The molecule has 0 radical (unpaired) electrons. The second kappa shape index (κ2) is 5.70. The van der Waals surface area contributed by atoms with Crippen LogP contribution in [0.5, 0.6) is 0 Å². The minimum atomic E-state index is -1.41. The zero-order chi connectivity index (χ0) is 13.9. The molecule has 18 heavy (non-hydrogen) atoms. The van der Waals surface area contributed by atoms with Crippen molar-refractivity contribution in [3.63, 3.8) is 0 Å². The van der Waals surface area contributed by atoms with Crippen molar-refractivity contribution in [1.29, 1.82) is 0 Å². The molecule has 0 amide bonds. The van der Waals surface area contributed by atoms with E-state index in [1.165, 1.54) is 0 Å². The molecular formula is C11H16O7. The first kappa shape index (κ1) is 14.3. The van der Waals surface area contributed by atoms with Gasteiger partial charge in [-0.05, 0) is 27.7 Å². The van der Waals surface area contributed by atoms with Crippen LogP contribution in [0, 0.1) is 0 Å². The van der Waals surface area contributed by atoms with Crippen LogP contribution < -0.4 is 0 Å². The molecule has 102 valence electrons. The van der Waals surface area contributed by atoms with Gasteiger partial charge in [-0.3, -0.25) is 0 Å². The number of hydrogen-bond acceptors (Lipinski definition) is 7. The quantitative estimate of drug-likeness (QED) is 0.545. The molecule has 0 unspecified atom stereocenters. The smallest absolute Gasteiger partial charge is 0.460 e. The maximum Gasteiger partial charge on any atom is 0.510 e. The highest BCUT2D eigenvalue weighted by atomic mass is 16.8. The van der Waals surface area contributed by atoms with Gasteiger partial charge in [0.05, 0.1) is 12.2 Å². The van der Waals surface area contributed by atoms with Crippen LogP contribution in [0.4, 0.5) is 4.79 Å². The summed E-state index contributed by atoms with van der Waals surface area (Å²) in [6.07, 6.45) is -4.69. The van der Waals surface area contributed by atoms with Crippen molar-refractivity contribution in [3.05, 3.63) is 0 Å². The number of rotatable bonds is 4. The Morgan fingerprint density at radius 2 is 1.28 bits per heavy atom. The molecule has 7 heteroatoms. The molecule has 2 atom stereocenters. The monoisotopic (exact) mass is 260 g/mol. The number of hydrogen-bond donors (Lipinski definition) is 0. The van der Waals surface area contributed by atoms with Crippen molar-refractivity contribution in [2.75, 3.05) is 0 Å². The lowest BCUT2D eigenvalue weighted by molar-refractivity contribution is -0.167. The average Bonchev–Trinajstić information content (AvgIpc) is 2.58. The Balaban J connectivity index is 2.72. The molecule has 1 fully saturated rings. The van der Waals surface area contributed by atoms with Gasteiger partial charge in [0.15, 0.2) is 0 Å². The van der Waals surface area contributed by atoms with Crippen LogP contribution in [-0.2, 0) is 28.5 Å². The fourth-order valence-corrected chi connectivity index (χ4v) is 1.30. The average molecular weight is 260 g/mol. The lowest BCUT2D eigenvalue weighted by atomic mass is 10.2. The minimum absolute atomic E-state index is 0.390. The Morgan fingerprint density at radius 1 is 0.944 bits per heavy atom. The highest BCUT2D eigenvalue weighted by Crippen LogP contribution is 2.19. The Labute approximate surface area is 104 Å². The normalized spacial score (nSPS) is 22.7. The molecule has 0 aromatic rings. The van der Waals surface area contributed by atoms with Gasteiger partial charge in [0.25, 0.3) is 0 Å². The van der Waals surface area contributed by atoms with Crippen molar-refractivity contribution >= 4 is 18.1 Å². The Bertz CT molecular complexity index is 315. The third kappa shape index (κ3) is 3.61. The summed E-state index contributed by atoms with van der Waals surface area (Å²) in [7, 11) is 0. The summed E-state index contributed by atoms with van der Waals surface area (Å²) in [5.74, 6) is -1.66. The molecule has 1 aliphatic heterocycles. The zero-order valence-corrected chi connectivity index (χ0v) is 10.7. The van der Waals surface area contributed by atoms with Crippen molar-refractivity contribution in [3.8, 4) is 0 Å². The number of cyclic esters (lactones) is 2. The van der Waals surface area contributed by atoms with Crippen molar-refractivity contribution in [1.82, 2.24) is 0 Å². The standard InChI is InChI=1S/C11H16O7/c1-5(2)15-9(12)7-8(18-11(14)17-7)10(13)16-6(3)4/h5-8H,1-4H3/t7-,8-/m1/s1. The molecule has 1 rings (SSSR count). The molecule has 0 aliphatic carbocycles. The van der Waals surface area contributed by atoms with Crippen LogP contribution in [-0.4, -0.2) is 42.5 Å². The zero-order valence-electron chi connectivity index (χ0n) is 10.7. The molecule has 0 N–H and O–H groups in total. The number of esters is 2. The molecule has 7 nitrogen and oxygen atoms in total. The van der Waals surface area contributed by atoms with Gasteiger partial charge in [0.2, 0.25) is 12.2 Å². The predicted molar refractivity (Wildman–Crippen MR) is 57.6 cm³/mol. The first-order valence-electron chi connectivity index (χ1n) is 5.59. The molecule has 1 aliphatic rings. The largest absolute Gasteiger partial charge is 0.510 e. The summed E-state index contributed by atoms with van der Waals surface area (Å²) in [5, 5.41) is 0. The Kier molecular flexibility index (Phi) is 4.52. The van der Waals surface area contributed by atoms with E-state index in [0.29, 0.717) is 0 Å². The predicted octanol–water partition coefficient (Wildman–Crippen LogP) is 0.794. The molecular weight excluding hydrogens is 244 g/mol. The summed E-state index contributed by atoms with van der Waals surface area (Å²) in [6, 6.07) is 0. The van der Waals surface area contributed by atoms with Crippen LogP contribution in [0.15, 0.2) is 0 Å². The summed E-state index contributed by atoms with van der Waals surface area (Å²) in [5.41, 5.74) is 0. The molecule has 0 aromatic heterocycles. The fraction of sp³-hybridized carbons (Fsp3) is 0.727. The van der Waals surface area contributed by atoms with E-state index < -0.39 is 42.5 Å². The van der Waals surface area contributed by atoms with Crippen molar-refractivity contribution < 1.29 is 33.3 Å². The van der Waals surface area contributed by atoms with Crippen LogP contribution in [0.2, 0.25) is 0 Å². The maximum atomic E-state index is 11.6. The van der Waals surface area contributed by atoms with Crippen molar-refractivity contribution in [2.24, 2.45) is 0 Å². The van der Waals surface area contributed by atoms with E-state index in [1.54, 1.807) is 27.7 Å². The molecule has 0 bridgehead atoms. The third-order valence-corrected chi connectivity index (χ3v) is 1.89. The van der Waals surface area contributed by atoms with E-state index in [2.05, 4.69) is 9.47 Å². The van der Waals surface area contributed by atoms with E-state index in [0.717, 1.165) is 0 Å². The molecule has 0 aromatic carbocycles. The van der Waals surface area contributed by atoms with Gasteiger partial charge in [0.1, 0.15) is 0 Å². The molecule has 0 spiro atoms. The van der Waals surface area contributed by atoms with Gasteiger partial charge in [-0.1, -0.05) is 0 Å². The lowest BCUT2D eigenvalue weighted by Crippen LogP contribution is -2.40. The van der Waals surface area contributed by atoms with E-state index in [4.69, 9.17) is 9.47 Å². The van der Waals surface area contributed by atoms with E-state index in [-0.39, 0.29) is 0 Å². The highest BCUT2D eigenvalue weighted by molar-refractivity contribution is 5.90. The fourth-order valence-electron chi connectivity index (χ4n) is 1.30. The first-order chi connectivity index (χ1) is 8.31. The highest BCUT2D eigenvalue weighted by Gasteiger charge is 2.49. The van der Waals surface area contributed by atoms with Gasteiger partial charge in [0, 0.05) is 0 Å². The summed E-state index contributed by atoms with van der Waals surface area (Å²) in [4.78, 5) is 34.2. The Morgan fingerprint density at radius 3 is 1.56 bits per heavy atom. The second-order valence-corrected chi connectivity index (χ2v) is 4.30. The van der Waals surface area contributed by atoms with Gasteiger partial charge in [-0.15, -0.1) is 0 Å². The summed E-state index contributed by atoms with van der Waals surface area (Å²) >= 11 is 0. The van der Waals surface area contributed by atoms with E-state index in [1.807, 2.05) is 0 Å². The lowest BCUT2D eigenvalue weighted by Gasteiger charge is -2.16. The maximum absolute atomic E-state index is 11.6. The van der Waals surface area contributed by atoms with Gasteiger partial charge in [-0.25, -0.2) is 14.4 Å². The second-order valence-electron chi connectivity index (χ2n) is 4.30. The molecule has 1 saturated heterocycles. The van der Waals surface area contributed by atoms with Crippen LogP contribution in [0.3, 0.4) is 0 Å². The van der Waals surface area contributed by atoms with Gasteiger partial charge < -0.3 is 18.9 Å². The first-order valence-corrected chi connectivity index (χ1v) is 5.59. The van der Waals surface area contributed by atoms with Crippen LogP contribution >= 0.6 is 0 Å². The van der Waals surface area contributed by atoms with Crippen LogP contribution in [0.25, 0.3) is 0 Å². The van der Waals surface area contributed by atoms with Crippen molar-refractivity contribution in [2.45, 2.75) is 52.1 Å². The number of carbonyl (C=O) groups is 3. The SMILES string of the molecule is CC(C)OC(=O)[C@@H]1OC(=O)O[C@H]1C(=O)OC(C)C. The summed E-state index contributed by atoms with van der Waals surface area (Å²) in [6.45, 7) is 6.54. The Hall–Kier alpha value is -1.79. The molecule has 0 saturated carbocycles. The third-order valence-electron chi connectivity index (χ3n) is 1.89. The number of carbonyl (C=O) groups excluding carboxylic acids is 3. The van der Waals surface area contributed by atoms with Crippen LogP contribution in [0.1, 0.15) is 27.7 Å². The molecule has 1 heterocycles. The number of ether oxygens (including phenoxy) is 4. The van der Waals surface area contributed by atoms with E-state index >= 15 is 0 Å². The van der Waals surface area contributed by atoms with Gasteiger partial charge in [-0.2, -0.15) is 0 Å².